The van der Waals surface area contributed by atoms with Crippen LogP contribution in [-0.4, -0.2) is 75.5 Å². The summed E-state index contributed by atoms with van der Waals surface area (Å²) in [5.41, 5.74) is 0. The molecule has 0 bridgehead atoms. The van der Waals surface area contributed by atoms with E-state index in [0.717, 1.165) is 57.8 Å². The Morgan fingerprint density at radius 2 is 1.04 bits per heavy atom. The molecule has 2 atom stereocenters. The largest absolute Gasteiger partial charge is 0.544 e. The van der Waals surface area contributed by atoms with Gasteiger partial charge in [-0.3, -0.25) is 9.59 Å². The maximum atomic E-state index is 12.7. The van der Waals surface area contributed by atoms with Crippen molar-refractivity contribution in [3.05, 3.63) is 85.1 Å². The molecular formula is C47H77NO7. The van der Waals surface area contributed by atoms with Gasteiger partial charge >= 0.3 is 11.9 Å². The average Bonchev–Trinajstić information content (AvgIpc) is 3.14. The first kappa shape index (κ1) is 51.5. The first-order chi connectivity index (χ1) is 26.6. The van der Waals surface area contributed by atoms with Crippen molar-refractivity contribution in [3.8, 4) is 0 Å². The van der Waals surface area contributed by atoms with E-state index < -0.39 is 18.1 Å². The van der Waals surface area contributed by atoms with Crippen molar-refractivity contribution in [2.24, 2.45) is 0 Å². The summed E-state index contributed by atoms with van der Waals surface area (Å²) in [5.74, 6) is -1.83. The summed E-state index contributed by atoms with van der Waals surface area (Å²) >= 11 is 0. The molecule has 0 aromatic heterocycles. The number of esters is 2. The minimum atomic E-state index is -1.14. The van der Waals surface area contributed by atoms with Crippen molar-refractivity contribution >= 4 is 17.9 Å². The first-order valence-corrected chi connectivity index (χ1v) is 21.2. The number of allylic oxidation sites excluding steroid dienone is 14. The van der Waals surface area contributed by atoms with Crippen molar-refractivity contribution in [2.45, 2.75) is 154 Å². The molecule has 0 aliphatic heterocycles. The van der Waals surface area contributed by atoms with Gasteiger partial charge in [0.15, 0.2) is 6.10 Å². The Morgan fingerprint density at radius 1 is 0.564 bits per heavy atom. The maximum absolute atomic E-state index is 12.7. The first-order valence-electron chi connectivity index (χ1n) is 21.2. The zero-order valence-electron chi connectivity index (χ0n) is 35.3. The number of likely N-dealkylation sites (N-methyl/N-ethyl adjacent to an activating group) is 1. The minimum absolute atomic E-state index is 0.0125. The molecule has 0 amide bonds. The highest BCUT2D eigenvalue weighted by Gasteiger charge is 2.25. The Balaban J connectivity index is 4.52. The lowest BCUT2D eigenvalue weighted by molar-refractivity contribution is -0.889. The molecule has 0 N–H and O–H groups in total. The Bertz CT molecular complexity index is 1170. The molecule has 0 radical (unpaired) electrons. The van der Waals surface area contributed by atoms with Gasteiger partial charge in [-0.1, -0.05) is 150 Å². The Kier molecular flexibility index (Phi) is 35.1. The SMILES string of the molecule is CC/C=C/C=C/C=C/C=C/C=C/C=C/CCCCCC(=O)OC(COCCC(C(=O)[O-])[N+](C)(C)C)COC(=O)CCCCC/C=C/CCCCCCCCC. The number of hydrogen-bond acceptors (Lipinski definition) is 7. The standard InChI is InChI=1S/C47H77NO7/c1-6-8-10-12-14-16-18-20-22-23-24-26-28-30-32-34-36-38-46(50)55-43(41-53-40-39-44(47(51)52)48(3,4)5)42-54-45(49)37-35-33-31-29-27-25-21-19-17-15-13-11-9-7-2/h8,10,12,14,16,18,20,22-28,43-44H,6-7,9,11,13,15,17,19,21,29-42H2,1-5H3/b10-8+,14-12+,18-16+,22-20+,24-23+,27-25+,28-26+. The van der Waals surface area contributed by atoms with Gasteiger partial charge in [-0.25, -0.2) is 0 Å². The van der Waals surface area contributed by atoms with E-state index in [2.05, 4.69) is 38.2 Å². The minimum Gasteiger partial charge on any atom is -0.544 e. The molecule has 8 heteroatoms. The highest BCUT2D eigenvalue weighted by molar-refractivity contribution is 5.70. The number of ether oxygens (including phenoxy) is 3. The summed E-state index contributed by atoms with van der Waals surface area (Å²) < 4.78 is 17.1. The van der Waals surface area contributed by atoms with E-state index in [0.29, 0.717) is 12.8 Å². The summed E-state index contributed by atoms with van der Waals surface area (Å²) in [6.45, 7) is 4.42. The third-order valence-corrected chi connectivity index (χ3v) is 8.93. The van der Waals surface area contributed by atoms with E-state index in [4.69, 9.17) is 14.2 Å². The number of carboxylic acid groups (broad SMARTS) is 1. The molecule has 55 heavy (non-hydrogen) atoms. The molecular weight excluding hydrogens is 691 g/mol. The number of rotatable bonds is 36. The Hall–Kier alpha value is -3.49. The average molecular weight is 768 g/mol. The number of hydrogen-bond donors (Lipinski definition) is 0. The molecule has 0 saturated heterocycles. The summed E-state index contributed by atoms with van der Waals surface area (Å²) in [6, 6.07) is -0.740. The van der Waals surface area contributed by atoms with Crippen LogP contribution in [0.2, 0.25) is 0 Å². The molecule has 0 aliphatic rings. The Morgan fingerprint density at radius 3 is 1.56 bits per heavy atom. The molecule has 0 aromatic rings. The van der Waals surface area contributed by atoms with Crippen molar-refractivity contribution < 1.29 is 38.2 Å². The second-order valence-electron chi connectivity index (χ2n) is 15.0. The van der Waals surface area contributed by atoms with Gasteiger partial charge in [0.1, 0.15) is 12.6 Å². The monoisotopic (exact) mass is 768 g/mol. The second-order valence-corrected chi connectivity index (χ2v) is 15.0. The van der Waals surface area contributed by atoms with E-state index in [1.807, 2.05) is 60.8 Å². The van der Waals surface area contributed by atoms with Crippen LogP contribution in [-0.2, 0) is 28.6 Å². The highest BCUT2D eigenvalue weighted by Crippen LogP contribution is 2.12. The lowest BCUT2D eigenvalue weighted by atomic mass is 10.1. The van der Waals surface area contributed by atoms with E-state index in [9.17, 15) is 19.5 Å². The van der Waals surface area contributed by atoms with Crippen LogP contribution in [0.3, 0.4) is 0 Å². The summed E-state index contributed by atoms with van der Waals surface area (Å²) in [6.07, 6.45) is 47.5. The van der Waals surface area contributed by atoms with Crippen LogP contribution in [0.4, 0.5) is 0 Å². The van der Waals surface area contributed by atoms with Crippen LogP contribution < -0.4 is 5.11 Å². The molecule has 0 aromatic carbocycles. The fraction of sp³-hybridized carbons (Fsp3) is 0.638. The molecule has 0 fully saturated rings. The predicted molar refractivity (Wildman–Crippen MR) is 226 cm³/mol. The fourth-order valence-corrected chi connectivity index (χ4v) is 5.62. The topological polar surface area (TPSA) is 102 Å². The molecule has 0 rings (SSSR count). The quantitative estimate of drug-likeness (QED) is 0.0206. The van der Waals surface area contributed by atoms with Gasteiger partial charge in [0.2, 0.25) is 0 Å². The normalized spacial score (nSPS) is 13.8. The summed E-state index contributed by atoms with van der Waals surface area (Å²) in [4.78, 5) is 36.8. The molecule has 0 heterocycles. The van der Waals surface area contributed by atoms with Gasteiger partial charge in [0.25, 0.3) is 0 Å². The summed E-state index contributed by atoms with van der Waals surface area (Å²) in [5, 5.41) is 11.6. The number of nitrogens with zero attached hydrogens (tertiary/aromatic N) is 1. The van der Waals surface area contributed by atoms with Gasteiger partial charge in [-0.15, -0.1) is 0 Å². The zero-order valence-corrected chi connectivity index (χ0v) is 35.3. The molecule has 8 nitrogen and oxygen atoms in total. The molecule has 0 spiro atoms. The number of quaternary nitrogens is 1. The lowest BCUT2D eigenvalue weighted by Crippen LogP contribution is -2.55. The third-order valence-electron chi connectivity index (χ3n) is 8.93. The van der Waals surface area contributed by atoms with Crippen LogP contribution in [0.15, 0.2) is 85.1 Å². The summed E-state index contributed by atoms with van der Waals surface area (Å²) in [7, 11) is 5.37. The molecule has 2 unspecified atom stereocenters. The Labute approximate surface area is 335 Å². The van der Waals surface area contributed by atoms with E-state index >= 15 is 0 Å². The number of aliphatic carboxylic acids is 1. The van der Waals surface area contributed by atoms with Gasteiger partial charge in [-0.2, -0.15) is 0 Å². The van der Waals surface area contributed by atoms with Gasteiger partial charge in [0, 0.05) is 19.3 Å². The van der Waals surface area contributed by atoms with Crippen LogP contribution in [0, 0.1) is 0 Å². The van der Waals surface area contributed by atoms with Crippen LogP contribution in [0.1, 0.15) is 142 Å². The number of unbranched alkanes of at least 4 members (excludes halogenated alkanes) is 13. The molecule has 312 valence electrons. The third kappa shape index (κ3) is 35.9. The number of carboxylic acids is 1. The molecule has 0 saturated carbocycles. The number of carbonyl (C=O) groups is 3. The van der Waals surface area contributed by atoms with E-state index in [-0.39, 0.29) is 49.1 Å². The zero-order chi connectivity index (χ0) is 40.7. The van der Waals surface area contributed by atoms with Crippen molar-refractivity contribution in [3.63, 3.8) is 0 Å². The van der Waals surface area contributed by atoms with Crippen LogP contribution in [0.25, 0.3) is 0 Å². The fourth-order valence-electron chi connectivity index (χ4n) is 5.62. The molecule has 0 aliphatic carbocycles. The van der Waals surface area contributed by atoms with Crippen molar-refractivity contribution in [1.29, 1.82) is 0 Å². The number of carbonyl (C=O) groups excluding carboxylic acids is 3. The van der Waals surface area contributed by atoms with Crippen LogP contribution >= 0.6 is 0 Å². The van der Waals surface area contributed by atoms with Crippen molar-refractivity contribution in [1.82, 2.24) is 0 Å². The van der Waals surface area contributed by atoms with Gasteiger partial charge in [-0.05, 0) is 57.8 Å². The smallest absolute Gasteiger partial charge is 0.306 e. The van der Waals surface area contributed by atoms with Gasteiger partial charge in [0.05, 0.1) is 40.3 Å². The van der Waals surface area contributed by atoms with E-state index in [1.54, 1.807) is 21.1 Å². The highest BCUT2D eigenvalue weighted by atomic mass is 16.6. The van der Waals surface area contributed by atoms with Gasteiger partial charge < -0.3 is 28.6 Å². The predicted octanol–water partition coefficient (Wildman–Crippen LogP) is 10.0. The second kappa shape index (κ2) is 37.4. The van der Waals surface area contributed by atoms with E-state index in [1.165, 1.54) is 44.9 Å². The van der Waals surface area contributed by atoms with Crippen molar-refractivity contribution in [2.75, 3.05) is 41.0 Å². The lowest BCUT2D eigenvalue weighted by Gasteiger charge is -2.34. The van der Waals surface area contributed by atoms with Crippen LogP contribution in [0.5, 0.6) is 0 Å². The maximum Gasteiger partial charge on any atom is 0.306 e.